The summed E-state index contributed by atoms with van der Waals surface area (Å²) >= 11 is 0. The van der Waals surface area contributed by atoms with E-state index in [4.69, 9.17) is 18.9 Å². The van der Waals surface area contributed by atoms with E-state index in [1.165, 1.54) is 4.90 Å². The topological polar surface area (TPSA) is 80.7 Å². The predicted molar refractivity (Wildman–Crippen MR) is 113 cm³/mol. The molecule has 2 aromatic carbocycles. The van der Waals surface area contributed by atoms with Crippen molar-refractivity contribution in [3.63, 3.8) is 0 Å². The molecular weight excluding hydrogens is 514 g/mol. The SMILES string of the molecule is O=C(O)N1CCN(C(c2ccc3c(c2)OCO3)c2ccc3c(c2)OCO3)CC1C(C(F)(F)F)C(F)(F)F. The molecule has 1 saturated heterocycles. The Morgan fingerprint density at radius 1 is 0.811 bits per heavy atom. The Morgan fingerprint density at radius 3 is 1.76 bits per heavy atom. The maximum Gasteiger partial charge on any atom is 0.407 e. The molecule has 1 fully saturated rings. The monoisotopic (exact) mass is 534 g/mol. The highest BCUT2D eigenvalue weighted by Gasteiger charge is 2.63. The van der Waals surface area contributed by atoms with Gasteiger partial charge in [0.1, 0.15) is 0 Å². The lowest BCUT2D eigenvalue weighted by atomic mass is 9.90. The average molecular weight is 534 g/mol. The van der Waals surface area contributed by atoms with E-state index in [1.54, 1.807) is 36.4 Å². The second-order valence-electron chi connectivity index (χ2n) is 8.73. The number of rotatable bonds is 4. The number of amides is 1. The van der Waals surface area contributed by atoms with Gasteiger partial charge in [-0.3, -0.25) is 4.90 Å². The van der Waals surface area contributed by atoms with E-state index in [0.29, 0.717) is 34.1 Å². The molecular formula is C23H20F6N2O6. The van der Waals surface area contributed by atoms with Crippen LogP contribution in [-0.2, 0) is 0 Å². The van der Waals surface area contributed by atoms with Crippen LogP contribution in [-0.4, -0.2) is 72.6 Å². The van der Waals surface area contributed by atoms with Gasteiger partial charge >= 0.3 is 18.4 Å². The van der Waals surface area contributed by atoms with Gasteiger partial charge in [0.25, 0.3) is 0 Å². The largest absolute Gasteiger partial charge is 0.465 e. The summed E-state index contributed by atoms with van der Waals surface area (Å²) in [6, 6.07) is 6.37. The van der Waals surface area contributed by atoms with Crippen molar-refractivity contribution < 1.29 is 55.2 Å². The zero-order chi connectivity index (χ0) is 26.5. The second kappa shape index (κ2) is 9.08. The van der Waals surface area contributed by atoms with Crippen molar-refractivity contribution in [1.29, 1.82) is 0 Å². The van der Waals surface area contributed by atoms with Crippen molar-refractivity contribution >= 4 is 6.09 Å². The van der Waals surface area contributed by atoms with Gasteiger partial charge in [-0.15, -0.1) is 0 Å². The fraction of sp³-hybridized carbons (Fsp3) is 0.435. The quantitative estimate of drug-likeness (QED) is 0.573. The summed E-state index contributed by atoms with van der Waals surface area (Å²) in [7, 11) is 0. The predicted octanol–water partition coefficient (Wildman–Crippen LogP) is 4.64. The molecule has 3 aliphatic heterocycles. The highest BCUT2D eigenvalue weighted by atomic mass is 19.4. The number of carboxylic acid groups (broad SMARTS) is 1. The van der Waals surface area contributed by atoms with Gasteiger partial charge in [0.05, 0.1) is 12.1 Å². The smallest absolute Gasteiger partial charge is 0.407 e. The first kappa shape index (κ1) is 25.1. The van der Waals surface area contributed by atoms with Gasteiger partial charge in [-0.25, -0.2) is 4.79 Å². The van der Waals surface area contributed by atoms with Crippen LogP contribution < -0.4 is 18.9 Å². The highest BCUT2D eigenvalue weighted by Crippen LogP contribution is 2.46. The summed E-state index contributed by atoms with van der Waals surface area (Å²) in [5.74, 6) is -2.25. The van der Waals surface area contributed by atoms with Crippen LogP contribution >= 0.6 is 0 Å². The number of hydrogen-bond donors (Lipinski definition) is 1. The molecule has 0 spiro atoms. The Labute approximate surface area is 205 Å². The van der Waals surface area contributed by atoms with Crippen LogP contribution in [0.4, 0.5) is 31.1 Å². The molecule has 200 valence electrons. The lowest BCUT2D eigenvalue weighted by Gasteiger charge is -2.46. The number of alkyl halides is 6. The van der Waals surface area contributed by atoms with Gasteiger partial charge in [-0.05, 0) is 35.4 Å². The Kier molecular flexibility index (Phi) is 6.16. The molecule has 37 heavy (non-hydrogen) atoms. The molecule has 1 amide bonds. The molecule has 1 atom stereocenters. The van der Waals surface area contributed by atoms with Gasteiger partial charge in [-0.2, -0.15) is 26.3 Å². The Morgan fingerprint density at radius 2 is 1.30 bits per heavy atom. The molecule has 0 radical (unpaired) electrons. The van der Waals surface area contributed by atoms with E-state index < -0.39 is 49.5 Å². The first-order chi connectivity index (χ1) is 17.4. The van der Waals surface area contributed by atoms with Gasteiger partial charge < -0.3 is 29.0 Å². The van der Waals surface area contributed by atoms with E-state index in [1.807, 2.05) is 0 Å². The number of nitrogens with zero attached hydrogens (tertiary/aromatic N) is 2. The number of hydrogen-bond acceptors (Lipinski definition) is 6. The zero-order valence-corrected chi connectivity index (χ0v) is 18.9. The van der Waals surface area contributed by atoms with Gasteiger partial charge in [-0.1, -0.05) is 12.1 Å². The average Bonchev–Trinajstić information content (AvgIpc) is 3.46. The molecule has 3 heterocycles. The van der Waals surface area contributed by atoms with Crippen molar-refractivity contribution in [3.8, 4) is 23.0 Å². The molecule has 8 nitrogen and oxygen atoms in total. The molecule has 1 N–H and O–H groups in total. The minimum atomic E-state index is -5.72. The van der Waals surface area contributed by atoms with Crippen LogP contribution in [0.15, 0.2) is 36.4 Å². The molecule has 14 heteroatoms. The van der Waals surface area contributed by atoms with Crippen molar-refractivity contribution in [2.75, 3.05) is 33.2 Å². The molecule has 5 rings (SSSR count). The molecule has 1 unspecified atom stereocenters. The number of carbonyl (C=O) groups is 1. The summed E-state index contributed by atoms with van der Waals surface area (Å²) in [6.45, 7) is -1.59. The lowest BCUT2D eigenvalue weighted by Crippen LogP contribution is -2.63. The fourth-order valence-corrected chi connectivity index (χ4v) is 4.99. The van der Waals surface area contributed by atoms with Crippen LogP contribution in [0.2, 0.25) is 0 Å². The third-order valence-corrected chi connectivity index (χ3v) is 6.58. The molecule has 3 aliphatic rings. The molecule has 0 saturated carbocycles. The maximum absolute atomic E-state index is 13.7. The van der Waals surface area contributed by atoms with Crippen molar-refractivity contribution in [2.45, 2.75) is 24.4 Å². The first-order valence-electron chi connectivity index (χ1n) is 11.1. The van der Waals surface area contributed by atoms with E-state index in [0.717, 1.165) is 0 Å². The highest BCUT2D eigenvalue weighted by molar-refractivity contribution is 5.66. The van der Waals surface area contributed by atoms with Crippen LogP contribution in [0.3, 0.4) is 0 Å². The first-order valence-corrected chi connectivity index (χ1v) is 11.1. The molecule has 0 aromatic heterocycles. The summed E-state index contributed by atoms with van der Waals surface area (Å²) in [5, 5.41) is 9.47. The van der Waals surface area contributed by atoms with E-state index in [9.17, 15) is 36.2 Å². The number of ether oxygens (including phenoxy) is 4. The van der Waals surface area contributed by atoms with Crippen LogP contribution in [0.5, 0.6) is 23.0 Å². The molecule has 0 aliphatic carbocycles. The number of halogens is 6. The van der Waals surface area contributed by atoms with Gasteiger partial charge in [0.15, 0.2) is 28.9 Å². The summed E-state index contributed by atoms with van der Waals surface area (Å²) in [5.41, 5.74) is 1.00. The summed E-state index contributed by atoms with van der Waals surface area (Å²) < 4.78 is 104. The Hall–Kier alpha value is -3.55. The van der Waals surface area contributed by atoms with Crippen molar-refractivity contribution in [1.82, 2.24) is 9.80 Å². The van der Waals surface area contributed by atoms with Crippen LogP contribution in [0, 0.1) is 5.92 Å². The van der Waals surface area contributed by atoms with E-state index >= 15 is 0 Å². The standard InChI is InChI=1S/C23H20F6N2O6/c24-22(25,26)20(23(27,28)29)14-9-30(5-6-31(14)21(32)33)19(12-1-3-15-17(7-12)36-10-34-15)13-2-4-16-18(8-13)37-11-35-16/h1-4,7-8,14,19-20H,5-6,9-11H2,(H,32,33). The maximum atomic E-state index is 13.7. The van der Waals surface area contributed by atoms with Crippen molar-refractivity contribution in [2.24, 2.45) is 5.92 Å². The Bertz CT molecular complexity index is 1120. The number of benzene rings is 2. The third-order valence-electron chi connectivity index (χ3n) is 6.58. The molecule has 2 aromatic rings. The van der Waals surface area contributed by atoms with Crippen LogP contribution in [0.25, 0.3) is 0 Å². The van der Waals surface area contributed by atoms with Gasteiger partial charge in [0, 0.05) is 19.6 Å². The minimum absolute atomic E-state index is 0.0360. The summed E-state index contributed by atoms with van der Waals surface area (Å²) in [6.07, 6.45) is -13.3. The lowest BCUT2D eigenvalue weighted by molar-refractivity contribution is -0.300. The van der Waals surface area contributed by atoms with Crippen LogP contribution in [0.1, 0.15) is 17.2 Å². The minimum Gasteiger partial charge on any atom is -0.465 e. The number of piperazine rings is 1. The van der Waals surface area contributed by atoms with E-state index in [2.05, 4.69) is 0 Å². The second-order valence-corrected chi connectivity index (χ2v) is 8.73. The molecule has 0 bridgehead atoms. The summed E-state index contributed by atoms with van der Waals surface area (Å²) in [4.78, 5) is 13.3. The normalized spacial score (nSPS) is 19.7. The van der Waals surface area contributed by atoms with Crippen molar-refractivity contribution in [3.05, 3.63) is 47.5 Å². The zero-order valence-electron chi connectivity index (χ0n) is 18.9. The number of fused-ring (bicyclic) bond motifs is 2. The third kappa shape index (κ3) is 4.77. The van der Waals surface area contributed by atoms with Gasteiger partial charge in [0.2, 0.25) is 13.6 Å². The fourth-order valence-electron chi connectivity index (χ4n) is 4.99. The van der Waals surface area contributed by atoms with E-state index in [-0.39, 0.29) is 25.0 Å². The Balaban J connectivity index is 1.57.